The molecule has 0 heterocycles. The van der Waals surface area contributed by atoms with Gasteiger partial charge in [0, 0.05) is 10.6 Å². The van der Waals surface area contributed by atoms with Crippen LogP contribution in [0.15, 0.2) is 82.6 Å². The lowest BCUT2D eigenvalue weighted by molar-refractivity contribution is 0.0980. The maximum atomic E-state index is 12.8. The van der Waals surface area contributed by atoms with E-state index in [0.29, 0.717) is 17.0 Å². The van der Waals surface area contributed by atoms with Crippen molar-refractivity contribution in [3.05, 3.63) is 94.5 Å². The Balaban J connectivity index is 1.97. The molecule has 10 heteroatoms. The van der Waals surface area contributed by atoms with Crippen LogP contribution in [-0.2, 0) is 26.5 Å². The summed E-state index contributed by atoms with van der Waals surface area (Å²) in [6, 6.07) is 18.5. The summed E-state index contributed by atoms with van der Waals surface area (Å²) in [6.45, 7) is 0. The molecule has 30 heavy (non-hydrogen) atoms. The van der Waals surface area contributed by atoms with Crippen LogP contribution < -0.4 is 9.86 Å². The highest BCUT2D eigenvalue weighted by Gasteiger charge is 2.27. The number of benzene rings is 3. The first kappa shape index (κ1) is 22.0. The minimum Gasteiger partial charge on any atom is -0.268 e. The number of halogens is 1. The van der Waals surface area contributed by atoms with E-state index in [1.165, 1.54) is 24.3 Å². The van der Waals surface area contributed by atoms with Crippen LogP contribution in [0.1, 0.15) is 21.5 Å². The Morgan fingerprint density at radius 3 is 2.10 bits per heavy atom. The van der Waals surface area contributed by atoms with Crippen LogP contribution in [-0.4, -0.2) is 22.7 Å². The maximum Gasteiger partial charge on any atom is 0.265 e. The zero-order valence-electron chi connectivity index (χ0n) is 15.4. The van der Waals surface area contributed by atoms with E-state index in [1.54, 1.807) is 6.07 Å². The number of nitrogens with one attached hydrogen (secondary N) is 1. The number of carbonyl (C=O) groups is 1. The number of primary sulfonamides is 1. The molecule has 0 saturated heterocycles. The molecule has 0 aliphatic heterocycles. The smallest absolute Gasteiger partial charge is 0.265 e. The number of hydrogen-bond donors (Lipinski definition) is 2. The highest BCUT2D eigenvalue weighted by molar-refractivity contribution is 7.92. The van der Waals surface area contributed by atoms with E-state index in [9.17, 15) is 21.6 Å². The summed E-state index contributed by atoms with van der Waals surface area (Å²) in [5, 5.41) is 5.49. The molecule has 156 valence electrons. The van der Waals surface area contributed by atoms with Crippen molar-refractivity contribution >= 4 is 37.6 Å². The molecule has 0 bridgehead atoms. The second kappa shape index (κ2) is 8.57. The second-order valence-electron chi connectivity index (χ2n) is 6.39. The fraction of sp³-hybridized carbons (Fsp3) is 0.0500. The van der Waals surface area contributed by atoms with Gasteiger partial charge in [-0.15, -0.1) is 0 Å². The van der Waals surface area contributed by atoms with Crippen LogP contribution >= 0.6 is 11.6 Å². The van der Waals surface area contributed by atoms with Crippen LogP contribution in [0.3, 0.4) is 0 Å². The minimum atomic E-state index is -4.51. The SMILES string of the molecule is NS(=O)(=O)c1ccccc1S(=O)(=O)NC(=O)c1ccc(Cl)cc1Cc1ccccc1. The third kappa shape index (κ3) is 5.06. The van der Waals surface area contributed by atoms with Gasteiger partial charge in [-0.25, -0.2) is 26.7 Å². The van der Waals surface area contributed by atoms with Gasteiger partial charge in [-0.05, 0) is 47.9 Å². The van der Waals surface area contributed by atoms with Gasteiger partial charge in [-0.3, -0.25) is 4.79 Å². The number of amides is 1. The van der Waals surface area contributed by atoms with E-state index in [2.05, 4.69) is 0 Å². The summed E-state index contributed by atoms with van der Waals surface area (Å²) in [5.74, 6) is -0.915. The fourth-order valence-corrected chi connectivity index (χ4v) is 5.43. The van der Waals surface area contributed by atoms with Gasteiger partial charge >= 0.3 is 0 Å². The monoisotopic (exact) mass is 464 g/mol. The molecule has 0 aliphatic carbocycles. The summed E-state index contributed by atoms with van der Waals surface area (Å²) in [6.07, 6.45) is 0.345. The average Bonchev–Trinajstić information content (AvgIpc) is 2.68. The van der Waals surface area contributed by atoms with Crippen molar-refractivity contribution in [3.8, 4) is 0 Å². The van der Waals surface area contributed by atoms with Crippen molar-refractivity contribution in [1.82, 2.24) is 4.72 Å². The van der Waals surface area contributed by atoms with Crippen molar-refractivity contribution < 1.29 is 21.6 Å². The lowest BCUT2D eigenvalue weighted by Crippen LogP contribution is -2.32. The highest BCUT2D eigenvalue weighted by Crippen LogP contribution is 2.22. The Morgan fingerprint density at radius 1 is 0.867 bits per heavy atom. The van der Waals surface area contributed by atoms with Crippen molar-refractivity contribution in [1.29, 1.82) is 0 Å². The van der Waals surface area contributed by atoms with E-state index in [1.807, 2.05) is 35.1 Å². The van der Waals surface area contributed by atoms with Gasteiger partial charge in [0.15, 0.2) is 0 Å². The molecule has 0 saturated carbocycles. The minimum absolute atomic E-state index is 0.0971. The van der Waals surface area contributed by atoms with Gasteiger partial charge in [0.1, 0.15) is 9.79 Å². The second-order valence-corrected chi connectivity index (χ2v) is 10.0. The van der Waals surface area contributed by atoms with Gasteiger partial charge < -0.3 is 0 Å². The molecule has 3 rings (SSSR count). The third-order valence-corrected chi connectivity index (χ3v) is 6.94. The van der Waals surface area contributed by atoms with Crippen LogP contribution in [0.4, 0.5) is 0 Å². The molecule has 3 N–H and O–H groups in total. The quantitative estimate of drug-likeness (QED) is 0.580. The zero-order valence-corrected chi connectivity index (χ0v) is 17.8. The Hall–Kier alpha value is -2.72. The Morgan fingerprint density at radius 2 is 1.47 bits per heavy atom. The number of sulfonamides is 2. The van der Waals surface area contributed by atoms with Crippen molar-refractivity contribution in [2.24, 2.45) is 5.14 Å². The number of hydrogen-bond acceptors (Lipinski definition) is 5. The summed E-state index contributed by atoms with van der Waals surface area (Å²) < 4.78 is 50.9. The first-order chi connectivity index (χ1) is 14.1. The molecule has 3 aromatic carbocycles. The van der Waals surface area contributed by atoms with E-state index in [0.717, 1.165) is 17.7 Å². The Kier molecular flexibility index (Phi) is 6.27. The molecular formula is C20H17ClN2O5S2. The molecule has 0 unspecified atom stereocenters. The maximum absolute atomic E-state index is 12.8. The highest BCUT2D eigenvalue weighted by atomic mass is 35.5. The topological polar surface area (TPSA) is 123 Å². The zero-order chi connectivity index (χ0) is 21.9. The van der Waals surface area contributed by atoms with Crippen LogP contribution in [0.5, 0.6) is 0 Å². The molecule has 0 atom stereocenters. The summed E-state index contributed by atoms with van der Waals surface area (Å²) in [5.41, 5.74) is 1.51. The van der Waals surface area contributed by atoms with Crippen LogP contribution in [0, 0.1) is 0 Å². The van der Waals surface area contributed by atoms with Crippen LogP contribution in [0.2, 0.25) is 5.02 Å². The number of nitrogens with two attached hydrogens (primary N) is 1. The predicted molar refractivity (Wildman–Crippen MR) is 113 cm³/mol. The van der Waals surface area contributed by atoms with Crippen LogP contribution in [0.25, 0.3) is 0 Å². The lowest BCUT2D eigenvalue weighted by Gasteiger charge is -2.13. The predicted octanol–water partition coefficient (Wildman–Crippen LogP) is 2.70. The van der Waals surface area contributed by atoms with Crippen molar-refractivity contribution in [3.63, 3.8) is 0 Å². The molecule has 7 nitrogen and oxygen atoms in total. The van der Waals surface area contributed by atoms with Crippen molar-refractivity contribution in [2.45, 2.75) is 16.2 Å². The van der Waals surface area contributed by atoms with E-state index in [-0.39, 0.29) is 5.56 Å². The summed E-state index contributed by atoms with van der Waals surface area (Å²) >= 11 is 6.06. The van der Waals surface area contributed by atoms with Gasteiger partial charge in [0.2, 0.25) is 10.0 Å². The van der Waals surface area contributed by atoms with Gasteiger partial charge in [-0.2, -0.15) is 0 Å². The molecule has 0 fully saturated rings. The van der Waals surface area contributed by atoms with E-state index in [4.69, 9.17) is 16.7 Å². The standard InChI is InChI=1S/C20H17ClN2O5S2/c21-16-10-11-17(15(13-16)12-14-6-2-1-3-7-14)20(24)23-30(27,28)19-9-5-4-8-18(19)29(22,25)26/h1-11,13H,12H2,(H,23,24)(H2,22,25,26). The van der Waals surface area contributed by atoms with E-state index >= 15 is 0 Å². The number of rotatable bonds is 6. The third-order valence-electron chi connectivity index (χ3n) is 4.22. The average molecular weight is 465 g/mol. The molecule has 3 aromatic rings. The Labute approximate surface area is 179 Å². The van der Waals surface area contributed by atoms with Gasteiger partial charge in [-0.1, -0.05) is 54.1 Å². The van der Waals surface area contributed by atoms with Gasteiger partial charge in [0.25, 0.3) is 15.9 Å². The first-order valence-corrected chi connectivity index (χ1v) is 12.0. The fourth-order valence-electron chi connectivity index (χ4n) is 2.89. The van der Waals surface area contributed by atoms with Gasteiger partial charge in [0.05, 0.1) is 0 Å². The molecule has 1 amide bonds. The molecular weight excluding hydrogens is 448 g/mol. The Bertz CT molecular complexity index is 1310. The molecule has 0 spiro atoms. The summed E-state index contributed by atoms with van der Waals surface area (Å²) in [7, 11) is -8.83. The largest absolute Gasteiger partial charge is 0.268 e. The molecule has 0 aliphatic rings. The summed E-state index contributed by atoms with van der Waals surface area (Å²) in [4.78, 5) is 11.6. The van der Waals surface area contributed by atoms with Crippen molar-refractivity contribution in [2.75, 3.05) is 0 Å². The molecule has 0 radical (unpaired) electrons. The normalized spacial score (nSPS) is 11.8. The van der Waals surface area contributed by atoms with E-state index < -0.39 is 35.7 Å². The number of carbonyl (C=O) groups excluding carboxylic acids is 1. The first-order valence-electron chi connectivity index (χ1n) is 8.59. The molecule has 0 aromatic heterocycles. The lowest BCUT2D eigenvalue weighted by atomic mass is 9.99.